The minimum Gasteiger partial charge on any atom is -0.250 e. The van der Waals surface area contributed by atoms with Gasteiger partial charge in [0.2, 0.25) is 0 Å². The lowest BCUT2D eigenvalue weighted by atomic mass is 10.0. The minimum absolute atomic E-state index is 0.724. The Balaban J connectivity index is 2.03. The van der Waals surface area contributed by atoms with E-state index in [1.165, 1.54) is 167 Å². The van der Waals surface area contributed by atoms with Gasteiger partial charge in [0.15, 0.2) is 6.11 Å². The van der Waals surface area contributed by atoms with Crippen LogP contribution in [0, 0.1) is 12.0 Å². The normalized spacial score (nSPS) is 23.1. The summed E-state index contributed by atoms with van der Waals surface area (Å²) in [5.41, 5.74) is 18.1. The van der Waals surface area contributed by atoms with Gasteiger partial charge in [-0.2, -0.15) is 27.7 Å². The van der Waals surface area contributed by atoms with Crippen LogP contribution in [0.3, 0.4) is 0 Å². The van der Waals surface area contributed by atoms with Crippen LogP contribution in [0.15, 0.2) is 0 Å². The lowest BCUT2D eigenvalue weighted by molar-refractivity contribution is -0.790. The average molecular weight is 662 g/mol. The molecule has 14 nitrogen and oxygen atoms in total. The molecule has 1 rings (SSSR count). The van der Waals surface area contributed by atoms with Crippen LogP contribution < -0.4 is 38.7 Å². The van der Waals surface area contributed by atoms with Gasteiger partial charge in [0, 0.05) is 28.1 Å². The van der Waals surface area contributed by atoms with Gasteiger partial charge in [0.05, 0.1) is 0 Å². The zero-order chi connectivity index (χ0) is 32.5. The number of rotatable bonds is 0. The van der Waals surface area contributed by atoms with E-state index < -0.39 is 0 Å². The highest BCUT2D eigenvalue weighted by atomic mass is 17.9. The summed E-state index contributed by atoms with van der Waals surface area (Å²) in [6.45, 7) is 0.859. The quantitative estimate of drug-likeness (QED) is 0.102. The van der Waals surface area contributed by atoms with Gasteiger partial charge in [-0.05, 0) is 22.9 Å². The van der Waals surface area contributed by atoms with Gasteiger partial charge in [0.25, 0.3) is 0 Å². The predicted octanol–water partition coefficient (Wildman–Crippen LogP) is 7.41. The fourth-order valence-electron chi connectivity index (χ4n) is 5.45. The van der Waals surface area contributed by atoms with Crippen LogP contribution in [-0.4, -0.2) is 6.54 Å². The van der Waals surface area contributed by atoms with Crippen LogP contribution in [0.5, 0.6) is 0 Å². The fourth-order valence-corrected chi connectivity index (χ4v) is 5.45. The van der Waals surface area contributed by atoms with E-state index in [1.54, 1.807) is 0 Å². The first-order valence-electron chi connectivity index (χ1n) is 18.4. The van der Waals surface area contributed by atoms with E-state index in [2.05, 4.69) is 85.8 Å². The predicted molar refractivity (Wildman–Crippen MR) is 176 cm³/mol. The van der Waals surface area contributed by atoms with Gasteiger partial charge in [-0.1, -0.05) is 183 Å². The topological polar surface area (TPSA) is 149 Å². The number of hydrazine groups is 6. The third-order valence-electron chi connectivity index (χ3n) is 8.08. The van der Waals surface area contributed by atoms with E-state index in [1.807, 2.05) is 0 Å². The van der Waals surface area contributed by atoms with Crippen molar-refractivity contribution in [1.29, 1.82) is 0 Å². The maximum Gasteiger partial charge on any atom is 0.160 e. The Kier molecular flexibility index (Phi) is 37.3. The lowest BCUT2D eigenvalue weighted by Crippen LogP contribution is -2.61. The van der Waals surface area contributed by atoms with E-state index in [9.17, 15) is 0 Å². The van der Waals surface area contributed by atoms with Crippen molar-refractivity contribution in [2.24, 2.45) is 0 Å². The van der Waals surface area contributed by atoms with Crippen molar-refractivity contribution in [3.63, 3.8) is 0 Å². The molecule has 0 radical (unpaired) electrons. The summed E-state index contributed by atoms with van der Waals surface area (Å²) in [6, 6.07) is 0. The summed E-state index contributed by atoms with van der Waals surface area (Å²) in [5, 5.41) is 20.4. The van der Waals surface area contributed by atoms with E-state index in [0.29, 0.717) is 0 Å². The first kappa shape index (κ1) is 42.9. The Morgan fingerprint density at radius 2 is 0.696 bits per heavy atom. The Hall–Kier alpha value is -1.16. The van der Waals surface area contributed by atoms with Gasteiger partial charge >= 0.3 is 0 Å². The molecule has 1 heterocycles. The molecule has 7 N–H and O–H groups in total. The minimum atomic E-state index is 0.724. The molecular weight excluding hydrogens is 594 g/mol. The van der Waals surface area contributed by atoms with Crippen LogP contribution in [0.1, 0.15) is 186 Å². The van der Waals surface area contributed by atoms with Crippen molar-refractivity contribution in [3.05, 3.63) is 0 Å². The van der Waals surface area contributed by atoms with Crippen molar-refractivity contribution >= 4 is 0 Å². The van der Waals surface area contributed by atoms with Crippen LogP contribution >= 0.6 is 0 Å². The van der Waals surface area contributed by atoms with Crippen LogP contribution in [0.2, 0.25) is 0 Å². The molecule has 0 aromatic carbocycles. The Morgan fingerprint density at radius 1 is 0.326 bits per heavy atom. The highest BCUT2D eigenvalue weighted by Gasteiger charge is 1.98. The molecule has 0 bridgehead atoms. The van der Waals surface area contributed by atoms with Gasteiger partial charge in [-0.3, -0.25) is 4.89 Å². The van der Waals surface area contributed by atoms with Crippen molar-refractivity contribution in [2.75, 3.05) is 6.54 Å². The summed E-state index contributed by atoms with van der Waals surface area (Å²) in [5.74, 6) is 2.83. The molecule has 272 valence electrons. The van der Waals surface area contributed by atoms with Crippen LogP contribution in [-0.2, 0) is 35.1 Å². The van der Waals surface area contributed by atoms with E-state index in [-0.39, 0.29) is 0 Å². The van der Waals surface area contributed by atoms with Crippen molar-refractivity contribution in [3.8, 4) is 12.0 Å². The molecule has 14 heteroatoms. The SMILES string of the molecule is C1#COOOOOOONNNNNNNCCCCCCCCCCCCCCCCCCCCCCCCCCCCCC1. The van der Waals surface area contributed by atoms with Crippen molar-refractivity contribution < 1.29 is 35.1 Å². The van der Waals surface area contributed by atoms with Crippen molar-refractivity contribution in [2.45, 2.75) is 186 Å². The number of nitrogens with one attached hydrogen (secondary N) is 7. The second kappa shape index (κ2) is 40.0. The molecule has 0 aromatic heterocycles. The molecule has 46 heavy (non-hydrogen) atoms. The van der Waals surface area contributed by atoms with Gasteiger partial charge < -0.3 is 0 Å². The molecule has 0 spiro atoms. The monoisotopic (exact) mass is 662 g/mol. The average Bonchev–Trinajstić information content (AvgIpc) is 3.07. The van der Waals surface area contributed by atoms with Crippen LogP contribution in [0.4, 0.5) is 0 Å². The Labute approximate surface area is 278 Å². The summed E-state index contributed by atoms with van der Waals surface area (Å²) >= 11 is 0. The molecule has 0 aromatic rings. The standard InChI is InChI=1S/C32H67N7O7/c1-2-4-6-8-10-12-14-16-18-20-22-24-26-28-30-32-40-42-44-46-45-43-41-39-38-37-36-35-34-33-31-29-27-25-23-21-19-17-15-13-11-9-7-5-3-1/h33-39H,1-29,31H2. The smallest absolute Gasteiger partial charge is 0.160 e. The summed E-state index contributed by atoms with van der Waals surface area (Å²) < 4.78 is 0. The maximum atomic E-state index is 4.46. The molecule has 0 fully saturated rings. The molecule has 0 unspecified atom stereocenters. The van der Waals surface area contributed by atoms with Crippen LogP contribution in [0.25, 0.3) is 0 Å². The summed E-state index contributed by atoms with van der Waals surface area (Å²) in [6.07, 6.45) is 41.1. The third-order valence-corrected chi connectivity index (χ3v) is 8.08. The molecule has 0 atom stereocenters. The van der Waals surface area contributed by atoms with Crippen molar-refractivity contribution in [1.82, 2.24) is 38.7 Å². The number of hydrogen-bond acceptors (Lipinski definition) is 14. The Morgan fingerprint density at radius 3 is 1.20 bits per heavy atom. The largest absolute Gasteiger partial charge is 0.250 e. The van der Waals surface area contributed by atoms with Gasteiger partial charge in [-0.15, -0.1) is 0 Å². The van der Waals surface area contributed by atoms with Gasteiger partial charge in [-0.25, -0.2) is 5.43 Å². The summed E-state index contributed by atoms with van der Waals surface area (Å²) in [7, 11) is 0. The third kappa shape index (κ3) is 37.3. The highest BCUT2D eigenvalue weighted by molar-refractivity contribution is 4.89. The second-order valence-electron chi connectivity index (χ2n) is 12.1. The summed E-state index contributed by atoms with van der Waals surface area (Å²) in [4.78, 5) is 8.80. The van der Waals surface area contributed by atoms with E-state index in [4.69, 9.17) is 0 Å². The first-order valence-corrected chi connectivity index (χ1v) is 18.4. The Bertz CT molecular complexity index is 598. The fraction of sp³-hybridized carbons (Fsp3) is 0.938. The molecule has 0 saturated heterocycles. The molecule has 1 aliphatic rings. The highest BCUT2D eigenvalue weighted by Crippen LogP contribution is 2.16. The lowest BCUT2D eigenvalue weighted by Gasteiger charge is -2.11. The second-order valence-corrected chi connectivity index (χ2v) is 12.1. The molecule has 0 aliphatic carbocycles. The van der Waals surface area contributed by atoms with E-state index in [0.717, 1.165) is 25.8 Å². The molecular formula is C32H67N7O7. The zero-order valence-corrected chi connectivity index (χ0v) is 28.6. The zero-order valence-electron chi connectivity index (χ0n) is 28.6. The molecule has 1 aliphatic heterocycles. The first-order chi connectivity index (χ1) is 23.0. The van der Waals surface area contributed by atoms with E-state index >= 15 is 0 Å². The number of hydrogen-bond donors (Lipinski definition) is 7. The molecule has 0 saturated carbocycles. The van der Waals surface area contributed by atoms with Gasteiger partial charge in [0.1, 0.15) is 0 Å². The maximum absolute atomic E-state index is 4.46. The molecule has 0 amide bonds.